The molecule has 0 aliphatic rings. The molecular formula is C14H10F3N3O. The molecular weight excluding hydrogens is 283 g/mol. The molecule has 108 valence electrons. The number of pyridine rings is 1. The molecule has 0 fully saturated rings. The zero-order valence-electron chi connectivity index (χ0n) is 10.7. The molecule has 0 aliphatic heterocycles. The van der Waals surface area contributed by atoms with E-state index in [2.05, 4.69) is 10.2 Å². The fraction of sp³-hybridized carbons (Fsp3) is 0.143. The Labute approximate surface area is 117 Å². The smallest absolute Gasteiger partial charge is 0.416 e. The highest BCUT2D eigenvalue weighted by Gasteiger charge is 2.33. The molecule has 0 aliphatic carbocycles. The first-order valence-corrected chi connectivity index (χ1v) is 6.13. The molecule has 7 heteroatoms. The summed E-state index contributed by atoms with van der Waals surface area (Å²) in [5.41, 5.74) is -0.114. The largest absolute Gasteiger partial charge is 0.506 e. The van der Waals surface area contributed by atoms with Gasteiger partial charge in [0.25, 0.3) is 0 Å². The summed E-state index contributed by atoms with van der Waals surface area (Å²) in [6, 6.07) is 8.33. The Hall–Kier alpha value is -2.57. The van der Waals surface area contributed by atoms with Gasteiger partial charge in [0.15, 0.2) is 5.65 Å². The first-order chi connectivity index (χ1) is 9.95. The van der Waals surface area contributed by atoms with Crippen molar-refractivity contribution in [2.75, 3.05) is 0 Å². The van der Waals surface area contributed by atoms with Gasteiger partial charge in [0.05, 0.1) is 11.8 Å². The first kappa shape index (κ1) is 13.4. The zero-order valence-corrected chi connectivity index (χ0v) is 10.7. The minimum absolute atomic E-state index is 0.00680. The maximum Gasteiger partial charge on any atom is 0.416 e. The minimum Gasteiger partial charge on any atom is -0.506 e. The van der Waals surface area contributed by atoms with Gasteiger partial charge in [-0.15, -0.1) is 10.2 Å². The van der Waals surface area contributed by atoms with Crippen LogP contribution in [0, 0.1) is 0 Å². The lowest BCUT2D eigenvalue weighted by Gasteiger charge is -2.11. The fourth-order valence-corrected chi connectivity index (χ4v) is 2.17. The number of aromatic hydroxyl groups is 1. The summed E-state index contributed by atoms with van der Waals surface area (Å²) in [6.07, 6.45) is -3.07. The number of alkyl halides is 3. The molecule has 0 saturated heterocycles. The zero-order chi connectivity index (χ0) is 15.0. The lowest BCUT2D eigenvalue weighted by molar-refractivity contribution is -0.138. The Kier molecular flexibility index (Phi) is 3.04. The van der Waals surface area contributed by atoms with Crippen LogP contribution >= 0.6 is 0 Å². The second-order valence-electron chi connectivity index (χ2n) is 4.56. The van der Waals surface area contributed by atoms with Gasteiger partial charge >= 0.3 is 6.18 Å². The summed E-state index contributed by atoms with van der Waals surface area (Å²) >= 11 is 0. The Balaban J connectivity index is 2.05. The molecule has 0 radical (unpaired) electrons. The number of nitrogens with zero attached hydrogens (tertiary/aromatic N) is 3. The van der Waals surface area contributed by atoms with Gasteiger partial charge in [-0.25, -0.2) is 0 Å². The molecule has 0 spiro atoms. The van der Waals surface area contributed by atoms with Gasteiger partial charge in [0, 0.05) is 6.42 Å². The van der Waals surface area contributed by atoms with Gasteiger partial charge in [-0.2, -0.15) is 13.2 Å². The van der Waals surface area contributed by atoms with E-state index in [1.54, 1.807) is 12.1 Å². The van der Waals surface area contributed by atoms with Crippen molar-refractivity contribution in [1.29, 1.82) is 0 Å². The average molecular weight is 293 g/mol. The van der Waals surface area contributed by atoms with Gasteiger partial charge < -0.3 is 5.11 Å². The Morgan fingerprint density at radius 2 is 1.81 bits per heavy atom. The molecule has 2 aromatic heterocycles. The molecule has 4 nitrogen and oxygen atoms in total. The van der Waals surface area contributed by atoms with Crippen LogP contribution in [-0.2, 0) is 12.6 Å². The van der Waals surface area contributed by atoms with E-state index in [1.807, 2.05) is 0 Å². The summed E-state index contributed by atoms with van der Waals surface area (Å²) in [5, 5.41) is 17.2. The van der Waals surface area contributed by atoms with Crippen molar-refractivity contribution in [2.45, 2.75) is 12.6 Å². The molecule has 3 rings (SSSR count). The number of hydrogen-bond acceptors (Lipinski definition) is 3. The minimum atomic E-state index is -4.42. The topological polar surface area (TPSA) is 50.4 Å². The van der Waals surface area contributed by atoms with Gasteiger partial charge in [-0.3, -0.25) is 4.40 Å². The van der Waals surface area contributed by atoms with Crippen molar-refractivity contribution >= 4 is 5.65 Å². The maximum absolute atomic E-state index is 13.0. The van der Waals surface area contributed by atoms with Crippen LogP contribution in [0.25, 0.3) is 5.65 Å². The number of benzene rings is 1. The van der Waals surface area contributed by atoms with Gasteiger partial charge in [0.2, 0.25) is 0 Å². The van der Waals surface area contributed by atoms with Crippen molar-refractivity contribution < 1.29 is 18.3 Å². The number of fused-ring (bicyclic) bond motifs is 1. The van der Waals surface area contributed by atoms with E-state index in [1.165, 1.54) is 28.8 Å². The fourth-order valence-electron chi connectivity index (χ4n) is 2.17. The third kappa shape index (κ3) is 2.54. The standard InChI is InChI=1S/C14H10F3N3O/c15-14(16,17)11-4-2-1-3-9(11)7-13-19-18-12-6-5-10(21)8-20(12)13/h1-6,8,21H,7H2. The third-order valence-electron chi connectivity index (χ3n) is 3.13. The van der Waals surface area contributed by atoms with Crippen LogP contribution in [0.15, 0.2) is 42.6 Å². The SMILES string of the molecule is Oc1ccc2nnc(Cc3ccccc3C(F)(F)F)n2c1. The van der Waals surface area contributed by atoms with Crippen molar-refractivity contribution in [3.8, 4) is 5.75 Å². The lowest BCUT2D eigenvalue weighted by Crippen LogP contribution is -2.10. The quantitative estimate of drug-likeness (QED) is 0.790. The van der Waals surface area contributed by atoms with Crippen LogP contribution in [-0.4, -0.2) is 19.7 Å². The van der Waals surface area contributed by atoms with E-state index in [0.29, 0.717) is 11.5 Å². The first-order valence-electron chi connectivity index (χ1n) is 6.13. The van der Waals surface area contributed by atoms with E-state index >= 15 is 0 Å². The predicted molar refractivity (Wildman–Crippen MR) is 68.9 cm³/mol. The summed E-state index contributed by atoms with van der Waals surface area (Å²) in [5.74, 6) is 0.324. The molecule has 1 aromatic carbocycles. The number of rotatable bonds is 2. The molecule has 21 heavy (non-hydrogen) atoms. The van der Waals surface area contributed by atoms with Crippen molar-refractivity contribution in [3.05, 3.63) is 59.5 Å². The van der Waals surface area contributed by atoms with Crippen LogP contribution in [0.1, 0.15) is 17.0 Å². The normalized spacial score (nSPS) is 12.0. The number of aromatic nitrogens is 3. The highest BCUT2D eigenvalue weighted by molar-refractivity contribution is 5.42. The Morgan fingerprint density at radius 1 is 1.05 bits per heavy atom. The van der Waals surface area contributed by atoms with Crippen LogP contribution < -0.4 is 0 Å². The second-order valence-corrected chi connectivity index (χ2v) is 4.56. The molecule has 1 N–H and O–H groups in total. The highest BCUT2D eigenvalue weighted by atomic mass is 19.4. The Bertz CT molecular complexity index is 796. The van der Waals surface area contributed by atoms with E-state index < -0.39 is 11.7 Å². The monoisotopic (exact) mass is 293 g/mol. The van der Waals surface area contributed by atoms with Crippen molar-refractivity contribution in [1.82, 2.24) is 14.6 Å². The highest BCUT2D eigenvalue weighted by Crippen LogP contribution is 2.32. The maximum atomic E-state index is 13.0. The average Bonchev–Trinajstić information content (AvgIpc) is 2.81. The van der Waals surface area contributed by atoms with Crippen molar-refractivity contribution in [2.24, 2.45) is 0 Å². The molecule has 0 unspecified atom stereocenters. The van der Waals surface area contributed by atoms with E-state index in [0.717, 1.165) is 6.07 Å². The summed E-state index contributed by atoms with van der Waals surface area (Å²) < 4.78 is 40.4. The molecule has 0 saturated carbocycles. The number of halogens is 3. The summed E-state index contributed by atoms with van der Waals surface area (Å²) in [4.78, 5) is 0. The van der Waals surface area contributed by atoms with Crippen LogP contribution in [0.2, 0.25) is 0 Å². The molecule has 0 bridgehead atoms. The molecule has 0 amide bonds. The molecule has 2 heterocycles. The van der Waals surface area contributed by atoms with E-state index in [4.69, 9.17) is 0 Å². The predicted octanol–water partition coefficient (Wildman–Crippen LogP) is 3.04. The van der Waals surface area contributed by atoms with E-state index in [9.17, 15) is 18.3 Å². The van der Waals surface area contributed by atoms with Crippen molar-refractivity contribution in [3.63, 3.8) is 0 Å². The lowest BCUT2D eigenvalue weighted by atomic mass is 10.0. The van der Waals surface area contributed by atoms with Gasteiger partial charge in [0.1, 0.15) is 11.6 Å². The molecule has 3 aromatic rings. The molecule has 0 atom stereocenters. The van der Waals surface area contributed by atoms with Gasteiger partial charge in [-0.1, -0.05) is 18.2 Å². The van der Waals surface area contributed by atoms with Crippen LogP contribution in [0.4, 0.5) is 13.2 Å². The summed E-state index contributed by atoms with van der Waals surface area (Å²) in [6.45, 7) is 0. The van der Waals surface area contributed by atoms with Gasteiger partial charge in [-0.05, 0) is 23.8 Å². The van der Waals surface area contributed by atoms with E-state index in [-0.39, 0.29) is 17.7 Å². The third-order valence-corrected chi connectivity index (χ3v) is 3.13. The van der Waals surface area contributed by atoms with Crippen LogP contribution in [0.3, 0.4) is 0 Å². The van der Waals surface area contributed by atoms with Crippen LogP contribution in [0.5, 0.6) is 5.75 Å². The summed E-state index contributed by atoms with van der Waals surface area (Å²) in [7, 11) is 0. The second kappa shape index (κ2) is 4.76. The number of hydrogen-bond donors (Lipinski definition) is 1. The Morgan fingerprint density at radius 3 is 2.57 bits per heavy atom.